The van der Waals surface area contributed by atoms with Gasteiger partial charge in [-0.3, -0.25) is 14.6 Å². The summed E-state index contributed by atoms with van der Waals surface area (Å²) in [6.07, 6.45) is 0. The molecule has 1 saturated heterocycles. The molecule has 0 aliphatic carbocycles. The average molecular weight is 462 g/mol. The third-order valence-electron chi connectivity index (χ3n) is 5.02. The van der Waals surface area contributed by atoms with Crippen LogP contribution in [0.1, 0.15) is 0 Å². The van der Waals surface area contributed by atoms with Crippen molar-refractivity contribution < 1.29 is 19.0 Å². The van der Waals surface area contributed by atoms with Gasteiger partial charge in [0.2, 0.25) is 0 Å². The number of thiazole rings is 1. The Morgan fingerprint density at radius 1 is 1.23 bits per heavy atom. The van der Waals surface area contributed by atoms with Gasteiger partial charge in [0.15, 0.2) is 11.7 Å². The number of halogens is 1. The van der Waals surface area contributed by atoms with Crippen LogP contribution in [-0.4, -0.2) is 68.9 Å². The summed E-state index contributed by atoms with van der Waals surface area (Å²) >= 11 is 7.58. The van der Waals surface area contributed by atoms with Crippen molar-refractivity contribution in [2.45, 2.75) is 0 Å². The van der Waals surface area contributed by atoms with Crippen LogP contribution in [0.5, 0.6) is 11.5 Å². The van der Waals surface area contributed by atoms with E-state index in [9.17, 15) is 4.79 Å². The van der Waals surface area contributed by atoms with E-state index in [1.807, 2.05) is 24.3 Å². The minimum absolute atomic E-state index is 0.0903. The molecule has 1 aliphatic heterocycles. The first-order valence-corrected chi connectivity index (χ1v) is 11.3. The number of rotatable bonds is 8. The molecule has 0 bridgehead atoms. The van der Waals surface area contributed by atoms with Gasteiger partial charge in [0.05, 0.1) is 30.5 Å². The van der Waals surface area contributed by atoms with Gasteiger partial charge in [-0.05, 0) is 30.3 Å². The molecule has 1 amide bonds. The molecule has 3 aromatic rings. The van der Waals surface area contributed by atoms with Gasteiger partial charge in [-0.1, -0.05) is 29.0 Å². The molecule has 1 aromatic heterocycles. The fourth-order valence-corrected chi connectivity index (χ4v) is 4.59. The number of nitrogens with zero attached hydrogens (tertiary/aromatic N) is 3. The molecule has 0 saturated carbocycles. The molecule has 1 aliphatic rings. The van der Waals surface area contributed by atoms with Crippen molar-refractivity contribution in [2.75, 3.05) is 58.0 Å². The fraction of sp³-hybridized carbons (Fsp3) is 0.364. The Morgan fingerprint density at radius 3 is 2.84 bits per heavy atom. The van der Waals surface area contributed by atoms with Gasteiger partial charge in [0.1, 0.15) is 11.5 Å². The lowest BCUT2D eigenvalue weighted by molar-refractivity contribution is -0.120. The van der Waals surface area contributed by atoms with E-state index in [0.29, 0.717) is 41.4 Å². The predicted molar refractivity (Wildman–Crippen MR) is 123 cm³/mol. The van der Waals surface area contributed by atoms with E-state index in [2.05, 4.69) is 9.88 Å². The second-order valence-electron chi connectivity index (χ2n) is 7.08. The number of hydrogen-bond donors (Lipinski definition) is 0. The highest BCUT2D eigenvalue weighted by Gasteiger charge is 2.22. The lowest BCUT2D eigenvalue weighted by Crippen LogP contribution is -2.44. The molecular weight excluding hydrogens is 438 g/mol. The summed E-state index contributed by atoms with van der Waals surface area (Å²) in [6.45, 7) is 4.32. The summed E-state index contributed by atoms with van der Waals surface area (Å²) < 4.78 is 17.3. The molecule has 0 radical (unpaired) electrons. The summed E-state index contributed by atoms with van der Waals surface area (Å²) in [7, 11) is 1.59. The van der Waals surface area contributed by atoms with Crippen LogP contribution in [0.3, 0.4) is 0 Å². The number of benzene rings is 2. The SMILES string of the molecule is COc1cccc(OCC(=O)N(CCN2CCOCC2)c2nc3ccc(Cl)cc3s2)c1. The fourth-order valence-electron chi connectivity index (χ4n) is 3.31. The van der Waals surface area contributed by atoms with Gasteiger partial charge in [-0.2, -0.15) is 0 Å². The zero-order chi connectivity index (χ0) is 21.6. The van der Waals surface area contributed by atoms with Gasteiger partial charge in [-0.15, -0.1) is 0 Å². The Balaban J connectivity index is 1.50. The maximum Gasteiger partial charge on any atom is 0.266 e. The van der Waals surface area contributed by atoms with Crippen LogP contribution >= 0.6 is 22.9 Å². The number of methoxy groups -OCH3 is 1. The first-order chi connectivity index (χ1) is 15.1. The summed E-state index contributed by atoms with van der Waals surface area (Å²) in [5.41, 5.74) is 0.822. The average Bonchev–Trinajstić information content (AvgIpc) is 3.21. The number of carbonyl (C=O) groups excluding carboxylic acids is 1. The van der Waals surface area contributed by atoms with Crippen LogP contribution in [-0.2, 0) is 9.53 Å². The van der Waals surface area contributed by atoms with Crippen molar-refractivity contribution in [2.24, 2.45) is 0 Å². The van der Waals surface area contributed by atoms with Crippen molar-refractivity contribution in [3.05, 3.63) is 47.5 Å². The standard InChI is InChI=1S/C22H24ClN3O4S/c1-28-17-3-2-4-18(14-17)30-15-21(27)26(8-7-25-9-11-29-12-10-25)22-24-19-6-5-16(23)13-20(19)31-22/h2-6,13-14H,7-12,15H2,1H3. The number of aromatic nitrogens is 1. The second kappa shape index (κ2) is 10.3. The van der Waals surface area contributed by atoms with Crippen molar-refractivity contribution in [1.29, 1.82) is 0 Å². The molecule has 7 nitrogen and oxygen atoms in total. The zero-order valence-corrected chi connectivity index (χ0v) is 18.8. The number of morpholine rings is 1. The molecule has 1 fully saturated rings. The zero-order valence-electron chi connectivity index (χ0n) is 17.3. The Morgan fingerprint density at radius 2 is 2.03 bits per heavy atom. The number of carbonyl (C=O) groups is 1. The third-order valence-corrected chi connectivity index (χ3v) is 6.29. The van der Waals surface area contributed by atoms with E-state index in [1.54, 1.807) is 30.2 Å². The smallest absolute Gasteiger partial charge is 0.266 e. The predicted octanol–water partition coefficient (Wildman–Crippen LogP) is 3.70. The molecular formula is C22H24ClN3O4S. The van der Waals surface area contributed by atoms with E-state index >= 15 is 0 Å². The Hall–Kier alpha value is -2.39. The lowest BCUT2D eigenvalue weighted by Gasteiger charge is -2.29. The monoisotopic (exact) mass is 461 g/mol. The topological polar surface area (TPSA) is 64.1 Å². The van der Waals surface area contributed by atoms with Gasteiger partial charge >= 0.3 is 0 Å². The van der Waals surface area contributed by atoms with Crippen molar-refractivity contribution in [3.63, 3.8) is 0 Å². The molecule has 0 unspecified atom stereocenters. The van der Waals surface area contributed by atoms with Gasteiger partial charge < -0.3 is 14.2 Å². The Bertz CT molecular complexity index is 1040. The van der Waals surface area contributed by atoms with E-state index in [1.165, 1.54) is 11.3 Å². The normalized spacial score (nSPS) is 14.5. The number of anilines is 1. The maximum absolute atomic E-state index is 13.2. The summed E-state index contributed by atoms with van der Waals surface area (Å²) in [4.78, 5) is 21.8. The van der Waals surface area contributed by atoms with Crippen LogP contribution < -0.4 is 14.4 Å². The molecule has 4 rings (SSSR count). The highest BCUT2D eigenvalue weighted by atomic mass is 35.5. The second-order valence-corrected chi connectivity index (χ2v) is 8.52. The number of ether oxygens (including phenoxy) is 3. The van der Waals surface area contributed by atoms with E-state index in [-0.39, 0.29) is 12.5 Å². The number of fused-ring (bicyclic) bond motifs is 1. The molecule has 31 heavy (non-hydrogen) atoms. The van der Waals surface area contributed by atoms with E-state index < -0.39 is 0 Å². The highest BCUT2D eigenvalue weighted by Crippen LogP contribution is 2.31. The van der Waals surface area contributed by atoms with Gasteiger partial charge in [-0.25, -0.2) is 4.98 Å². The van der Waals surface area contributed by atoms with Crippen molar-refractivity contribution >= 4 is 44.2 Å². The van der Waals surface area contributed by atoms with Crippen LogP contribution in [0.2, 0.25) is 5.02 Å². The Labute approximate surface area is 190 Å². The van der Waals surface area contributed by atoms with Crippen LogP contribution in [0.25, 0.3) is 10.2 Å². The first kappa shape index (κ1) is 21.8. The van der Waals surface area contributed by atoms with Crippen molar-refractivity contribution in [3.8, 4) is 11.5 Å². The molecule has 0 atom stereocenters. The molecule has 164 valence electrons. The van der Waals surface area contributed by atoms with Crippen LogP contribution in [0.4, 0.5) is 5.13 Å². The summed E-state index contributed by atoms with van der Waals surface area (Å²) in [5.74, 6) is 1.11. The van der Waals surface area contributed by atoms with Crippen LogP contribution in [0, 0.1) is 0 Å². The largest absolute Gasteiger partial charge is 0.497 e. The van der Waals surface area contributed by atoms with E-state index in [4.69, 9.17) is 25.8 Å². The minimum atomic E-state index is -0.152. The van der Waals surface area contributed by atoms with Crippen LogP contribution in [0.15, 0.2) is 42.5 Å². The molecule has 0 N–H and O–H groups in total. The molecule has 2 aromatic carbocycles. The first-order valence-electron chi connectivity index (χ1n) is 10.1. The molecule has 2 heterocycles. The Kier molecular flexibility index (Phi) is 7.24. The van der Waals surface area contributed by atoms with Gasteiger partial charge in [0.25, 0.3) is 5.91 Å². The maximum atomic E-state index is 13.2. The summed E-state index contributed by atoms with van der Waals surface area (Å²) in [5, 5.41) is 1.29. The van der Waals surface area contributed by atoms with Gasteiger partial charge in [0, 0.05) is 37.3 Å². The summed E-state index contributed by atoms with van der Waals surface area (Å²) in [6, 6.07) is 12.8. The minimum Gasteiger partial charge on any atom is -0.497 e. The number of hydrogen-bond acceptors (Lipinski definition) is 7. The number of amides is 1. The lowest BCUT2D eigenvalue weighted by atomic mass is 10.3. The van der Waals surface area contributed by atoms with E-state index in [0.717, 1.165) is 29.9 Å². The molecule has 0 spiro atoms. The third kappa shape index (κ3) is 5.65. The quantitative estimate of drug-likeness (QED) is 0.509. The highest BCUT2D eigenvalue weighted by molar-refractivity contribution is 7.22. The molecule has 9 heteroatoms. The van der Waals surface area contributed by atoms with Crippen molar-refractivity contribution in [1.82, 2.24) is 9.88 Å².